The first kappa shape index (κ1) is 21.0. The molecule has 2 rings (SSSR count). The van der Waals surface area contributed by atoms with Crippen LogP contribution in [0.5, 0.6) is 5.75 Å². The molecule has 1 aromatic carbocycles. The minimum Gasteiger partial charge on any atom is -0.496 e. The molecular formula is C18H23ClN2O6. The van der Waals surface area contributed by atoms with Crippen LogP contribution in [-0.2, 0) is 14.3 Å². The lowest BCUT2D eigenvalue weighted by molar-refractivity contribution is -0.142. The molecule has 1 fully saturated rings. The summed E-state index contributed by atoms with van der Waals surface area (Å²) in [4.78, 5) is 38.3. The van der Waals surface area contributed by atoms with E-state index in [9.17, 15) is 19.5 Å². The van der Waals surface area contributed by atoms with E-state index in [1.165, 1.54) is 25.2 Å². The third kappa shape index (κ3) is 5.11. The molecule has 2 amide bonds. The number of likely N-dealkylation sites (tertiary alicyclic amines) is 1. The second-order valence-corrected chi connectivity index (χ2v) is 6.62. The zero-order valence-corrected chi connectivity index (χ0v) is 16.0. The van der Waals surface area contributed by atoms with Crippen molar-refractivity contribution in [3.8, 4) is 5.75 Å². The van der Waals surface area contributed by atoms with Gasteiger partial charge in [0.2, 0.25) is 5.91 Å². The van der Waals surface area contributed by atoms with E-state index in [0.29, 0.717) is 30.2 Å². The second kappa shape index (κ2) is 9.57. The molecular weight excluding hydrogens is 376 g/mol. The van der Waals surface area contributed by atoms with Crippen LogP contribution < -0.4 is 10.1 Å². The van der Waals surface area contributed by atoms with Crippen LogP contribution >= 0.6 is 11.6 Å². The van der Waals surface area contributed by atoms with Crippen LogP contribution in [0, 0.1) is 0 Å². The number of aliphatic carboxylic acids is 1. The first-order valence-electron chi connectivity index (χ1n) is 8.55. The smallest absolute Gasteiger partial charge is 0.326 e. The summed E-state index contributed by atoms with van der Waals surface area (Å²) in [7, 11) is 2.90. The fraction of sp³-hybridized carbons (Fsp3) is 0.500. The molecule has 9 heteroatoms. The molecule has 0 bridgehead atoms. The number of hydrogen-bond acceptors (Lipinski definition) is 5. The number of carbonyl (C=O) groups excluding carboxylic acids is 2. The summed E-state index contributed by atoms with van der Waals surface area (Å²) in [5.74, 6) is -1.66. The Morgan fingerprint density at radius 2 is 2.11 bits per heavy atom. The van der Waals surface area contributed by atoms with E-state index >= 15 is 0 Å². The summed E-state index contributed by atoms with van der Waals surface area (Å²) in [6, 6.07) is 2.88. The van der Waals surface area contributed by atoms with Crippen molar-refractivity contribution >= 4 is 29.4 Å². The zero-order chi connectivity index (χ0) is 20.0. The van der Waals surface area contributed by atoms with Crippen molar-refractivity contribution in [1.82, 2.24) is 10.2 Å². The summed E-state index contributed by atoms with van der Waals surface area (Å²) < 4.78 is 10.1. The molecule has 0 radical (unpaired) electrons. The van der Waals surface area contributed by atoms with Gasteiger partial charge in [-0.3, -0.25) is 9.59 Å². The standard InChI is InChI=1S/C18H23ClN2O6/c1-26-9-7-13(18(24)25)20-16(22)14-4-3-8-21(14)17(23)12-10-11(19)5-6-15(12)27-2/h5-6,10,13-14H,3-4,7-9H2,1-2H3,(H,20,22)(H,24,25). The maximum Gasteiger partial charge on any atom is 0.326 e. The van der Waals surface area contributed by atoms with E-state index in [1.54, 1.807) is 12.1 Å². The molecule has 8 nitrogen and oxygen atoms in total. The Bertz CT molecular complexity index is 711. The molecule has 0 aliphatic carbocycles. The molecule has 0 spiro atoms. The summed E-state index contributed by atoms with van der Waals surface area (Å²) in [6.45, 7) is 0.590. The van der Waals surface area contributed by atoms with E-state index in [-0.39, 0.29) is 24.5 Å². The van der Waals surface area contributed by atoms with E-state index in [2.05, 4.69) is 5.32 Å². The summed E-state index contributed by atoms with van der Waals surface area (Å²) in [6.07, 6.45) is 1.24. The summed E-state index contributed by atoms with van der Waals surface area (Å²) >= 11 is 5.99. The average Bonchev–Trinajstić information content (AvgIpc) is 3.14. The van der Waals surface area contributed by atoms with Crippen LogP contribution in [0.1, 0.15) is 29.6 Å². The monoisotopic (exact) mass is 398 g/mol. The average molecular weight is 399 g/mol. The van der Waals surface area contributed by atoms with Crippen molar-refractivity contribution in [2.45, 2.75) is 31.3 Å². The van der Waals surface area contributed by atoms with Crippen LogP contribution in [0.2, 0.25) is 5.02 Å². The topological polar surface area (TPSA) is 105 Å². The number of nitrogens with one attached hydrogen (secondary N) is 1. The minimum atomic E-state index is -1.15. The molecule has 2 unspecified atom stereocenters. The highest BCUT2D eigenvalue weighted by atomic mass is 35.5. The molecule has 27 heavy (non-hydrogen) atoms. The number of hydrogen-bond donors (Lipinski definition) is 2. The highest BCUT2D eigenvalue weighted by Crippen LogP contribution is 2.27. The Morgan fingerprint density at radius 3 is 2.74 bits per heavy atom. The number of methoxy groups -OCH3 is 2. The van der Waals surface area contributed by atoms with Crippen molar-refractivity contribution in [2.75, 3.05) is 27.4 Å². The number of carboxylic acid groups (broad SMARTS) is 1. The lowest BCUT2D eigenvalue weighted by Gasteiger charge is -2.26. The first-order chi connectivity index (χ1) is 12.9. The summed E-state index contributed by atoms with van der Waals surface area (Å²) in [5, 5.41) is 12.1. The molecule has 0 aromatic heterocycles. The van der Waals surface area contributed by atoms with Crippen LogP contribution in [-0.4, -0.2) is 67.2 Å². The van der Waals surface area contributed by atoms with Gasteiger partial charge < -0.3 is 24.8 Å². The highest BCUT2D eigenvalue weighted by molar-refractivity contribution is 6.31. The number of rotatable bonds is 8. The normalized spacial score (nSPS) is 17.4. The quantitative estimate of drug-likeness (QED) is 0.688. The van der Waals surface area contributed by atoms with Gasteiger partial charge in [0.05, 0.1) is 12.7 Å². The number of carboxylic acids is 1. The fourth-order valence-corrected chi connectivity index (χ4v) is 3.22. The number of ether oxygens (including phenoxy) is 2. The Morgan fingerprint density at radius 1 is 1.37 bits per heavy atom. The third-order valence-electron chi connectivity index (χ3n) is 4.43. The highest BCUT2D eigenvalue weighted by Gasteiger charge is 2.37. The van der Waals surface area contributed by atoms with Gasteiger partial charge in [-0.2, -0.15) is 0 Å². The lowest BCUT2D eigenvalue weighted by Crippen LogP contribution is -2.51. The number of nitrogens with zero attached hydrogens (tertiary/aromatic N) is 1. The van der Waals surface area contributed by atoms with Crippen molar-refractivity contribution in [2.24, 2.45) is 0 Å². The van der Waals surface area contributed by atoms with Gasteiger partial charge in [0.25, 0.3) is 5.91 Å². The maximum atomic E-state index is 13.0. The number of benzene rings is 1. The molecule has 0 saturated carbocycles. The predicted molar refractivity (Wildman–Crippen MR) is 98.1 cm³/mol. The minimum absolute atomic E-state index is 0.139. The van der Waals surface area contributed by atoms with Gasteiger partial charge in [-0.15, -0.1) is 0 Å². The van der Waals surface area contributed by atoms with Crippen molar-refractivity contribution < 1.29 is 29.0 Å². The largest absolute Gasteiger partial charge is 0.496 e. The zero-order valence-electron chi connectivity index (χ0n) is 15.2. The molecule has 1 saturated heterocycles. The van der Waals surface area contributed by atoms with E-state index in [0.717, 1.165) is 0 Å². The number of amides is 2. The molecule has 2 N–H and O–H groups in total. The van der Waals surface area contributed by atoms with Crippen molar-refractivity contribution in [3.05, 3.63) is 28.8 Å². The van der Waals surface area contributed by atoms with Gasteiger partial charge in [0.15, 0.2) is 0 Å². The molecule has 1 aliphatic rings. The van der Waals surface area contributed by atoms with E-state index in [1.807, 2.05) is 0 Å². The van der Waals surface area contributed by atoms with Crippen LogP contribution in [0.15, 0.2) is 18.2 Å². The van der Waals surface area contributed by atoms with Gasteiger partial charge >= 0.3 is 5.97 Å². The van der Waals surface area contributed by atoms with Gasteiger partial charge in [0.1, 0.15) is 17.8 Å². The van der Waals surface area contributed by atoms with Crippen molar-refractivity contribution in [3.63, 3.8) is 0 Å². The van der Waals surface area contributed by atoms with E-state index in [4.69, 9.17) is 21.1 Å². The Balaban J connectivity index is 2.16. The van der Waals surface area contributed by atoms with Gasteiger partial charge in [0, 0.05) is 31.7 Å². The lowest BCUT2D eigenvalue weighted by atomic mass is 10.1. The van der Waals surface area contributed by atoms with Gasteiger partial charge in [-0.05, 0) is 31.0 Å². The summed E-state index contributed by atoms with van der Waals surface area (Å²) in [5.41, 5.74) is 0.263. The second-order valence-electron chi connectivity index (χ2n) is 6.18. The fourth-order valence-electron chi connectivity index (χ4n) is 3.05. The van der Waals surface area contributed by atoms with Crippen LogP contribution in [0.25, 0.3) is 0 Å². The third-order valence-corrected chi connectivity index (χ3v) is 4.67. The van der Waals surface area contributed by atoms with Gasteiger partial charge in [-0.25, -0.2) is 4.79 Å². The molecule has 148 valence electrons. The maximum absolute atomic E-state index is 13.0. The Labute approximate surface area is 162 Å². The molecule has 1 heterocycles. The molecule has 1 aliphatic heterocycles. The predicted octanol–water partition coefficient (Wildman–Crippen LogP) is 1.56. The first-order valence-corrected chi connectivity index (χ1v) is 8.93. The van der Waals surface area contributed by atoms with Crippen LogP contribution in [0.3, 0.4) is 0 Å². The molecule has 2 atom stereocenters. The Hall–Kier alpha value is -2.32. The van der Waals surface area contributed by atoms with Gasteiger partial charge in [-0.1, -0.05) is 11.6 Å². The molecule has 1 aromatic rings. The Kier molecular flexibility index (Phi) is 7.44. The number of carbonyl (C=O) groups is 3. The van der Waals surface area contributed by atoms with Crippen molar-refractivity contribution in [1.29, 1.82) is 0 Å². The van der Waals surface area contributed by atoms with E-state index < -0.39 is 24.0 Å². The number of halogens is 1. The SMILES string of the molecule is COCCC(NC(=O)C1CCCN1C(=O)c1cc(Cl)ccc1OC)C(=O)O. The van der Waals surface area contributed by atoms with Crippen LogP contribution in [0.4, 0.5) is 0 Å².